The van der Waals surface area contributed by atoms with Gasteiger partial charge in [-0.2, -0.15) is 0 Å². The van der Waals surface area contributed by atoms with Crippen molar-refractivity contribution >= 4 is 10.8 Å². The number of aryl methyl sites for hydroxylation is 1. The van der Waals surface area contributed by atoms with E-state index in [1.165, 1.54) is 29.2 Å². The van der Waals surface area contributed by atoms with Crippen LogP contribution in [0.4, 0.5) is 0 Å². The highest BCUT2D eigenvalue weighted by Gasteiger charge is 2.47. The fourth-order valence-electron chi connectivity index (χ4n) is 2.78. The summed E-state index contributed by atoms with van der Waals surface area (Å²) < 4.78 is 0. The molecule has 0 amide bonds. The van der Waals surface area contributed by atoms with Gasteiger partial charge in [0.2, 0.25) is 0 Å². The minimum absolute atomic E-state index is 0.239. The number of rotatable bonds is 2. The normalized spacial score (nSPS) is 19.2. The van der Waals surface area contributed by atoms with Gasteiger partial charge in [0, 0.05) is 28.7 Å². The first kappa shape index (κ1) is 10.7. The third-order valence-electron chi connectivity index (χ3n) is 4.20. The number of aromatic nitrogens is 1. The van der Waals surface area contributed by atoms with E-state index in [0.717, 1.165) is 5.69 Å². The zero-order valence-electron chi connectivity index (χ0n) is 10.4. The van der Waals surface area contributed by atoms with Crippen LogP contribution in [-0.2, 0) is 5.41 Å². The summed E-state index contributed by atoms with van der Waals surface area (Å²) in [6.45, 7) is 4.18. The minimum atomic E-state index is 0.239. The minimum Gasteiger partial charge on any atom is -0.327 e. The molecular weight excluding hydrogens is 208 g/mol. The standard InChI is InChI=1S/C15H18N2/c1-10-14-4-3-13(9-12(14)5-8-17-10)15(6-7-15)11(2)16/h3-5,8-9,11H,6-7,16H2,1-2H3. The van der Waals surface area contributed by atoms with E-state index in [1.807, 2.05) is 6.20 Å². The first-order valence-electron chi connectivity index (χ1n) is 6.25. The predicted molar refractivity (Wildman–Crippen MR) is 71.0 cm³/mol. The second-order valence-corrected chi connectivity index (χ2v) is 5.28. The molecule has 1 aliphatic rings. The van der Waals surface area contributed by atoms with Crippen LogP contribution < -0.4 is 5.73 Å². The lowest BCUT2D eigenvalue weighted by Gasteiger charge is -2.20. The van der Waals surface area contributed by atoms with E-state index in [2.05, 4.69) is 43.1 Å². The van der Waals surface area contributed by atoms with Crippen LogP contribution in [-0.4, -0.2) is 11.0 Å². The largest absolute Gasteiger partial charge is 0.327 e. The highest BCUT2D eigenvalue weighted by molar-refractivity contribution is 5.85. The van der Waals surface area contributed by atoms with E-state index >= 15 is 0 Å². The van der Waals surface area contributed by atoms with Crippen molar-refractivity contribution in [1.29, 1.82) is 0 Å². The molecule has 2 nitrogen and oxygen atoms in total. The number of hydrogen-bond acceptors (Lipinski definition) is 2. The Morgan fingerprint density at radius 2 is 2.06 bits per heavy atom. The molecule has 1 heterocycles. The number of fused-ring (bicyclic) bond motifs is 1. The highest BCUT2D eigenvalue weighted by Crippen LogP contribution is 2.50. The Kier molecular flexibility index (Phi) is 2.23. The van der Waals surface area contributed by atoms with E-state index in [4.69, 9.17) is 5.73 Å². The predicted octanol–water partition coefficient (Wildman–Crippen LogP) is 2.92. The van der Waals surface area contributed by atoms with Crippen molar-refractivity contribution < 1.29 is 0 Å². The van der Waals surface area contributed by atoms with Crippen LogP contribution in [0.5, 0.6) is 0 Å². The molecule has 2 N–H and O–H groups in total. The van der Waals surface area contributed by atoms with Gasteiger partial charge < -0.3 is 5.73 Å². The summed E-state index contributed by atoms with van der Waals surface area (Å²) in [4.78, 5) is 4.33. The fourth-order valence-corrected chi connectivity index (χ4v) is 2.78. The van der Waals surface area contributed by atoms with Gasteiger partial charge in [0.1, 0.15) is 0 Å². The van der Waals surface area contributed by atoms with Crippen LogP contribution in [0.25, 0.3) is 10.8 Å². The SMILES string of the molecule is Cc1nccc2cc(C3(C(C)N)CC3)ccc12. The van der Waals surface area contributed by atoms with Crippen LogP contribution in [0, 0.1) is 6.92 Å². The van der Waals surface area contributed by atoms with Crippen molar-refractivity contribution in [3.8, 4) is 0 Å². The molecule has 2 heteroatoms. The molecule has 2 aromatic rings. The zero-order chi connectivity index (χ0) is 12.0. The molecule has 1 fully saturated rings. The third-order valence-corrected chi connectivity index (χ3v) is 4.20. The van der Waals surface area contributed by atoms with Crippen LogP contribution in [0.1, 0.15) is 31.0 Å². The quantitative estimate of drug-likeness (QED) is 0.855. The number of nitrogens with two attached hydrogens (primary N) is 1. The topological polar surface area (TPSA) is 38.9 Å². The molecule has 0 spiro atoms. The van der Waals surface area contributed by atoms with Crippen molar-refractivity contribution in [3.05, 3.63) is 41.7 Å². The number of nitrogens with zero attached hydrogens (tertiary/aromatic N) is 1. The highest BCUT2D eigenvalue weighted by atomic mass is 14.7. The summed E-state index contributed by atoms with van der Waals surface area (Å²) in [5, 5.41) is 2.53. The van der Waals surface area contributed by atoms with Crippen LogP contribution in [0.3, 0.4) is 0 Å². The fraction of sp³-hybridized carbons (Fsp3) is 0.400. The molecule has 1 aliphatic carbocycles. The summed E-state index contributed by atoms with van der Waals surface area (Å²) in [6, 6.07) is 9.04. The van der Waals surface area contributed by atoms with E-state index in [1.54, 1.807) is 0 Å². The van der Waals surface area contributed by atoms with Crippen LogP contribution in [0.15, 0.2) is 30.5 Å². The lowest BCUT2D eigenvalue weighted by molar-refractivity contribution is 0.557. The molecule has 1 unspecified atom stereocenters. The van der Waals surface area contributed by atoms with Gasteiger partial charge in [-0.15, -0.1) is 0 Å². The van der Waals surface area contributed by atoms with E-state index in [-0.39, 0.29) is 11.5 Å². The van der Waals surface area contributed by atoms with E-state index < -0.39 is 0 Å². The number of benzene rings is 1. The van der Waals surface area contributed by atoms with Crippen LogP contribution >= 0.6 is 0 Å². The molecule has 0 saturated heterocycles. The molecule has 3 rings (SSSR count). The molecular formula is C15H18N2. The van der Waals surface area contributed by atoms with Crippen molar-refractivity contribution in [2.45, 2.75) is 38.1 Å². The van der Waals surface area contributed by atoms with Crippen molar-refractivity contribution in [2.24, 2.45) is 5.73 Å². The molecule has 17 heavy (non-hydrogen) atoms. The van der Waals surface area contributed by atoms with Gasteiger partial charge in [0.15, 0.2) is 0 Å². The smallest absolute Gasteiger partial charge is 0.0450 e. The Hall–Kier alpha value is -1.41. The Morgan fingerprint density at radius 3 is 2.71 bits per heavy atom. The second-order valence-electron chi connectivity index (χ2n) is 5.28. The summed E-state index contributed by atoms with van der Waals surface area (Å²) in [7, 11) is 0. The van der Waals surface area contributed by atoms with Gasteiger partial charge in [-0.3, -0.25) is 4.98 Å². The number of hydrogen-bond donors (Lipinski definition) is 1. The van der Waals surface area contributed by atoms with Gasteiger partial charge in [-0.05, 0) is 43.7 Å². The summed E-state index contributed by atoms with van der Waals surface area (Å²) >= 11 is 0. The second kappa shape index (κ2) is 3.54. The lowest BCUT2D eigenvalue weighted by Crippen LogP contribution is -2.31. The molecule has 0 radical (unpaired) electrons. The summed E-state index contributed by atoms with van der Waals surface area (Å²) in [5.41, 5.74) is 8.86. The molecule has 88 valence electrons. The molecule has 0 aliphatic heterocycles. The molecule has 0 bridgehead atoms. The van der Waals surface area contributed by atoms with Crippen molar-refractivity contribution in [1.82, 2.24) is 4.98 Å². The van der Waals surface area contributed by atoms with Gasteiger partial charge in [0.25, 0.3) is 0 Å². The van der Waals surface area contributed by atoms with Crippen molar-refractivity contribution in [3.63, 3.8) is 0 Å². The Labute approximate surface area is 102 Å². The van der Waals surface area contributed by atoms with Gasteiger partial charge in [-0.1, -0.05) is 18.2 Å². The van der Waals surface area contributed by atoms with Crippen LogP contribution in [0.2, 0.25) is 0 Å². The van der Waals surface area contributed by atoms with Gasteiger partial charge >= 0.3 is 0 Å². The Balaban J connectivity index is 2.15. The average molecular weight is 226 g/mol. The van der Waals surface area contributed by atoms with Gasteiger partial charge in [0.05, 0.1) is 0 Å². The maximum atomic E-state index is 6.13. The first-order chi connectivity index (χ1) is 8.13. The monoisotopic (exact) mass is 226 g/mol. The maximum absolute atomic E-state index is 6.13. The zero-order valence-corrected chi connectivity index (χ0v) is 10.4. The maximum Gasteiger partial charge on any atom is 0.0450 e. The number of pyridine rings is 1. The molecule has 1 saturated carbocycles. The average Bonchev–Trinajstić information content (AvgIpc) is 3.10. The Bertz CT molecular complexity index is 568. The Morgan fingerprint density at radius 1 is 1.29 bits per heavy atom. The lowest BCUT2D eigenvalue weighted by atomic mass is 9.88. The van der Waals surface area contributed by atoms with E-state index in [0.29, 0.717) is 0 Å². The van der Waals surface area contributed by atoms with Gasteiger partial charge in [-0.25, -0.2) is 0 Å². The molecule has 1 atom stereocenters. The first-order valence-corrected chi connectivity index (χ1v) is 6.25. The van der Waals surface area contributed by atoms with E-state index in [9.17, 15) is 0 Å². The van der Waals surface area contributed by atoms with Crippen molar-refractivity contribution in [2.75, 3.05) is 0 Å². The molecule has 1 aromatic carbocycles. The third kappa shape index (κ3) is 1.55. The summed E-state index contributed by atoms with van der Waals surface area (Å²) in [5.74, 6) is 0. The summed E-state index contributed by atoms with van der Waals surface area (Å²) in [6.07, 6.45) is 4.33. The molecule has 1 aromatic heterocycles.